The van der Waals surface area contributed by atoms with Crippen LogP contribution in [0.3, 0.4) is 0 Å². The van der Waals surface area contributed by atoms with E-state index in [1.165, 1.54) is 5.56 Å². The Morgan fingerprint density at radius 1 is 1.30 bits per heavy atom. The highest BCUT2D eigenvalue weighted by molar-refractivity contribution is 5.98. The van der Waals surface area contributed by atoms with E-state index in [-0.39, 0.29) is 11.8 Å². The molecule has 1 aromatic rings. The number of anilines is 1. The fourth-order valence-electron chi connectivity index (χ4n) is 4.07. The molecule has 2 heterocycles. The molecule has 3 aliphatic rings. The fraction of sp³-hybridized carbons (Fsp3) is 0.579. The number of para-hydroxylation sites is 1. The Hall–Kier alpha value is -1.84. The molecule has 0 spiro atoms. The number of carbonyl (C=O) groups is 2. The molecule has 1 aromatic carbocycles. The second-order valence-electron chi connectivity index (χ2n) is 7.30. The van der Waals surface area contributed by atoms with Crippen molar-refractivity contribution in [3.63, 3.8) is 0 Å². The topological polar surface area (TPSA) is 40.6 Å². The highest BCUT2D eigenvalue weighted by Gasteiger charge is 2.44. The van der Waals surface area contributed by atoms with Crippen molar-refractivity contribution in [1.29, 1.82) is 0 Å². The molecule has 1 saturated heterocycles. The summed E-state index contributed by atoms with van der Waals surface area (Å²) in [6.45, 7) is 4.65. The van der Waals surface area contributed by atoms with Crippen molar-refractivity contribution in [2.24, 2.45) is 11.8 Å². The number of fused-ring (bicyclic) bond motifs is 1. The summed E-state index contributed by atoms with van der Waals surface area (Å²) < 4.78 is 0. The zero-order chi connectivity index (χ0) is 16.0. The van der Waals surface area contributed by atoms with E-state index in [0.29, 0.717) is 24.2 Å². The van der Waals surface area contributed by atoms with Crippen LogP contribution in [0.25, 0.3) is 0 Å². The SMILES string of the molecule is C[C@@H]1C[C@H]1C(=O)N1C[C@@H](CCN2CCCC2=O)c2ccccc21. The van der Waals surface area contributed by atoms with Crippen molar-refractivity contribution >= 4 is 17.5 Å². The minimum Gasteiger partial charge on any atom is -0.343 e. The quantitative estimate of drug-likeness (QED) is 0.858. The summed E-state index contributed by atoms with van der Waals surface area (Å²) in [6.07, 6.45) is 3.67. The van der Waals surface area contributed by atoms with E-state index in [4.69, 9.17) is 0 Å². The van der Waals surface area contributed by atoms with Gasteiger partial charge >= 0.3 is 0 Å². The number of nitrogens with zero attached hydrogens (tertiary/aromatic N) is 2. The van der Waals surface area contributed by atoms with Gasteiger partial charge in [0.2, 0.25) is 11.8 Å². The molecule has 1 aliphatic carbocycles. The first-order valence-corrected chi connectivity index (χ1v) is 8.83. The molecule has 0 unspecified atom stereocenters. The third-order valence-electron chi connectivity index (χ3n) is 5.68. The summed E-state index contributed by atoms with van der Waals surface area (Å²) in [4.78, 5) is 28.5. The van der Waals surface area contributed by atoms with Gasteiger partial charge in [-0.25, -0.2) is 0 Å². The number of hydrogen-bond donors (Lipinski definition) is 0. The van der Waals surface area contributed by atoms with Gasteiger partial charge < -0.3 is 9.80 Å². The summed E-state index contributed by atoms with van der Waals surface area (Å²) in [5.41, 5.74) is 2.37. The molecule has 4 rings (SSSR count). The first-order valence-electron chi connectivity index (χ1n) is 8.83. The van der Waals surface area contributed by atoms with Crippen LogP contribution in [0.2, 0.25) is 0 Å². The van der Waals surface area contributed by atoms with Crippen LogP contribution >= 0.6 is 0 Å². The number of benzene rings is 1. The largest absolute Gasteiger partial charge is 0.343 e. The maximum absolute atomic E-state index is 12.7. The molecule has 0 radical (unpaired) electrons. The van der Waals surface area contributed by atoms with Gasteiger partial charge in [-0.3, -0.25) is 9.59 Å². The van der Waals surface area contributed by atoms with Crippen LogP contribution < -0.4 is 4.90 Å². The summed E-state index contributed by atoms with van der Waals surface area (Å²) in [5, 5.41) is 0. The number of carbonyl (C=O) groups excluding carboxylic acids is 2. The molecular formula is C19H24N2O2. The van der Waals surface area contributed by atoms with Gasteiger partial charge in [0.05, 0.1) is 0 Å². The number of amides is 2. The lowest BCUT2D eigenvalue weighted by atomic mass is 9.98. The van der Waals surface area contributed by atoms with Crippen molar-refractivity contribution in [3.05, 3.63) is 29.8 Å². The van der Waals surface area contributed by atoms with Crippen LogP contribution in [0, 0.1) is 11.8 Å². The zero-order valence-corrected chi connectivity index (χ0v) is 13.7. The van der Waals surface area contributed by atoms with Crippen molar-refractivity contribution in [2.45, 2.75) is 38.5 Å². The van der Waals surface area contributed by atoms with Crippen LogP contribution in [-0.2, 0) is 9.59 Å². The third kappa shape index (κ3) is 2.64. The van der Waals surface area contributed by atoms with E-state index in [2.05, 4.69) is 25.1 Å². The number of rotatable bonds is 4. The smallest absolute Gasteiger partial charge is 0.230 e. The Morgan fingerprint density at radius 2 is 2.09 bits per heavy atom. The van der Waals surface area contributed by atoms with Gasteiger partial charge in [0.25, 0.3) is 0 Å². The summed E-state index contributed by atoms with van der Waals surface area (Å²) in [7, 11) is 0. The molecule has 2 fully saturated rings. The Morgan fingerprint density at radius 3 is 2.78 bits per heavy atom. The molecule has 2 aliphatic heterocycles. The predicted octanol–water partition coefficient (Wildman–Crippen LogP) is 2.79. The standard InChI is InChI=1S/C19H24N2O2/c1-13-11-16(13)19(23)21-12-14(15-5-2-3-6-17(15)21)8-10-20-9-4-7-18(20)22/h2-3,5-6,13-14,16H,4,7-12H2,1H3/t13-,14-,16-/m1/s1. The lowest BCUT2D eigenvalue weighted by Crippen LogP contribution is -2.32. The van der Waals surface area contributed by atoms with Gasteiger partial charge in [0, 0.05) is 43.6 Å². The van der Waals surface area contributed by atoms with Gasteiger partial charge in [-0.2, -0.15) is 0 Å². The van der Waals surface area contributed by atoms with Crippen molar-refractivity contribution in [3.8, 4) is 0 Å². The molecule has 2 amide bonds. The van der Waals surface area contributed by atoms with Gasteiger partial charge in [0.15, 0.2) is 0 Å². The highest BCUT2D eigenvalue weighted by Crippen LogP contribution is 2.44. The van der Waals surface area contributed by atoms with E-state index in [0.717, 1.165) is 44.6 Å². The predicted molar refractivity (Wildman–Crippen MR) is 89.2 cm³/mol. The number of likely N-dealkylation sites (tertiary alicyclic amines) is 1. The van der Waals surface area contributed by atoms with Gasteiger partial charge in [-0.1, -0.05) is 25.1 Å². The van der Waals surface area contributed by atoms with E-state index in [1.807, 2.05) is 15.9 Å². The molecule has 3 atom stereocenters. The maximum atomic E-state index is 12.7. The average Bonchev–Trinajstić information content (AvgIpc) is 2.98. The minimum atomic E-state index is 0.224. The second-order valence-corrected chi connectivity index (χ2v) is 7.30. The monoisotopic (exact) mass is 312 g/mol. The molecule has 4 heteroatoms. The van der Waals surface area contributed by atoms with E-state index in [1.54, 1.807) is 0 Å². The average molecular weight is 312 g/mol. The van der Waals surface area contributed by atoms with E-state index in [9.17, 15) is 9.59 Å². The van der Waals surface area contributed by atoms with Gasteiger partial charge in [-0.05, 0) is 36.8 Å². The Bertz CT molecular complexity index is 642. The second kappa shape index (κ2) is 5.66. The fourth-order valence-corrected chi connectivity index (χ4v) is 4.07. The van der Waals surface area contributed by atoms with Crippen molar-refractivity contribution in [1.82, 2.24) is 4.90 Å². The number of hydrogen-bond acceptors (Lipinski definition) is 2. The van der Waals surface area contributed by atoms with Crippen LogP contribution in [-0.4, -0.2) is 36.3 Å². The summed E-state index contributed by atoms with van der Waals surface area (Å²) >= 11 is 0. The molecule has 1 saturated carbocycles. The Labute approximate surface area is 137 Å². The summed E-state index contributed by atoms with van der Waals surface area (Å²) in [5.74, 6) is 1.70. The van der Waals surface area contributed by atoms with Gasteiger partial charge in [-0.15, -0.1) is 0 Å². The maximum Gasteiger partial charge on any atom is 0.230 e. The molecule has 0 aromatic heterocycles. The van der Waals surface area contributed by atoms with Crippen LogP contribution in [0.5, 0.6) is 0 Å². The summed E-state index contributed by atoms with van der Waals surface area (Å²) in [6, 6.07) is 8.29. The molecule has 4 nitrogen and oxygen atoms in total. The van der Waals surface area contributed by atoms with E-state index < -0.39 is 0 Å². The first kappa shape index (κ1) is 14.7. The normalized spacial score (nSPS) is 29.1. The molecule has 0 N–H and O–H groups in total. The highest BCUT2D eigenvalue weighted by atomic mass is 16.2. The molecular weight excluding hydrogens is 288 g/mol. The minimum absolute atomic E-state index is 0.224. The molecule has 122 valence electrons. The zero-order valence-electron chi connectivity index (χ0n) is 13.7. The van der Waals surface area contributed by atoms with Crippen LogP contribution in [0.4, 0.5) is 5.69 Å². The van der Waals surface area contributed by atoms with Crippen molar-refractivity contribution in [2.75, 3.05) is 24.5 Å². The lowest BCUT2D eigenvalue weighted by molar-refractivity contribution is -0.127. The van der Waals surface area contributed by atoms with Crippen LogP contribution in [0.15, 0.2) is 24.3 Å². The van der Waals surface area contributed by atoms with Crippen LogP contribution in [0.1, 0.15) is 44.1 Å². The third-order valence-corrected chi connectivity index (χ3v) is 5.68. The molecule has 0 bridgehead atoms. The van der Waals surface area contributed by atoms with E-state index >= 15 is 0 Å². The Kier molecular flexibility index (Phi) is 3.63. The Balaban J connectivity index is 1.48. The first-order chi connectivity index (χ1) is 11.1. The van der Waals surface area contributed by atoms with Crippen molar-refractivity contribution < 1.29 is 9.59 Å². The molecule has 23 heavy (non-hydrogen) atoms. The van der Waals surface area contributed by atoms with Gasteiger partial charge in [0.1, 0.15) is 0 Å². The lowest BCUT2D eigenvalue weighted by Gasteiger charge is -2.20.